The van der Waals surface area contributed by atoms with Crippen molar-refractivity contribution in [1.29, 1.82) is 0 Å². The van der Waals surface area contributed by atoms with Crippen molar-refractivity contribution in [3.8, 4) is 0 Å². The van der Waals surface area contributed by atoms with Crippen molar-refractivity contribution in [3.63, 3.8) is 0 Å². The van der Waals surface area contributed by atoms with Gasteiger partial charge in [-0.25, -0.2) is 0 Å². The lowest BCUT2D eigenvalue weighted by Gasteiger charge is -2.36. The van der Waals surface area contributed by atoms with E-state index in [9.17, 15) is 9.59 Å². The van der Waals surface area contributed by atoms with Crippen LogP contribution in [-0.4, -0.2) is 22.7 Å². The lowest BCUT2D eigenvalue weighted by molar-refractivity contribution is -0.240. The molecule has 0 unspecified atom stereocenters. The molecule has 1 saturated heterocycles. The molecule has 28 heavy (non-hydrogen) atoms. The number of benzene rings is 2. The predicted molar refractivity (Wildman–Crippen MR) is 106 cm³/mol. The first kappa shape index (κ1) is 18.8. The van der Waals surface area contributed by atoms with Crippen LogP contribution in [0, 0.1) is 5.92 Å². The molecule has 3 aromatic rings. The van der Waals surface area contributed by atoms with E-state index in [1.165, 1.54) is 13.8 Å². The molecular weight excluding hydrogens is 401 g/mol. The highest BCUT2D eigenvalue weighted by Gasteiger charge is 2.49. The number of halogens is 2. The summed E-state index contributed by atoms with van der Waals surface area (Å²) < 4.78 is 10.7. The molecule has 1 aliphatic heterocycles. The minimum atomic E-state index is -1.31. The van der Waals surface area contributed by atoms with Crippen LogP contribution in [-0.2, 0) is 19.1 Å². The van der Waals surface area contributed by atoms with Gasteiger partial charge in [0.1, 0.15) is 0 Å². The number of esters is 2. The van der Waals surface area contributed by atoms with Crippen molar-refractivity contribution in [2.75, 3.05) is 0 Å². The van der Waals surface area contributed by atoms with Crippen LogP contribution < -0.4 is 0 Å². The number of hydrogen-bond donors (Lipinski definition) is 1. The highest BCUT2D eigenvalue weighted by Crippen LogP contribution is 2.43. The summed E-state index contributed by atoms with van der Waals surface area (Å²) in [5, 5.41) is 1.69. The van der Waals surface area contributed by atoms with E-state index >= 15 is 0 Å². The van der Waals surface area contributed by atoms with Crippen LogP contribution in [0.15, 0.2) is 48.7 Å². The van der Waals surface area contributed by atoms with Gasteiger partial charge in [-0.2, -0.15) is 0 Å². The second-order valence-corrected chi connectivity index (χ2v) is 8.00. The monoisotopic (exact) mass is 417 g/mol. The van der Waals surface area contributed by atoms with Gasteiger partial charge in [-0.3, -0.25) is 9.59 Å². The Morgan fingerprint density at radius 3 is 2.36 bits per heavy atom. The maximum Gasteiger partial charge on any atom is 0.324 e. The number of H-pyrrole nitrogens is 1. The van der Waals surface area contributed by atoms with Crippen molar-refractivity contribution < 1.29 is 19.1 Å². The summed E-state index contributed by atoms with van der Waals surface area (Å²) in [6.45, 7) is 3.05. The minimum Gasteiger partial charge on any atom is -0.422 e. The van der Waals surface area contributed by atoms with E-state index in [2.05, 4.69) is 4.98 Å². The molecule has 0 aliphatic carbocycles. The van der Waals surface area contributed by atoms with Crippen LogP contribution >= 0.6 is 23.2 Å². The van der Waals surface area contributed by atoms with Gasteiger partial charge in [-0.15, -0.1) is 0 Å². The molecule has 1 atom stereocenters. The number of carbonyl (C=O) groups excluding carboxylic acids is 2. The van der Waals surface area contributed by atoms with Crippen molar-refractivity contribution >= 4 is 46.0 Å². The molecule has 5 nitrogen and oxygen atoms in total. The van der Waals surface area contributed by atoms with Crippen molar-refractivity contribution in [1.82, 2.24) is 4.98 Å². The summed E-state index contributed by atoms with van der Waals surface area (Å²) in [6.07, 6.45) is 1.78. The molecular formula is C21H17Cl2NO4. The van der Waals surface area contributed by atoms with Crippen LogP contribution in [0.3, 0.4) is 0 Å². The number of carbonyl (C=O) groups is 2. The van der Waals surface area contributed by atoms with Crippen LogP contribution in [0.4, 0.5) is 0 Å². The fourth-order valence-electron chi connectivity index (χ4n) is 3.63. The molecule has 1 aliphatic rings. The topological polar surface area (TPSA) is 68.4 Å². The smallest absolute Gasteiger partial charge is 0.324 e. The molecule has 2 heterocycles. The Balaban J connectivity index is 1.92. The molecule has 1 aromatic heterocycles. The van der Waals surface area contributed by atoms with E-state index in [1.807, 2.05) is 24.3 Å². The highest BCUT2D eigenvalue weighted by atomic mass is 35.5. The van der Waals surface area contributed by atoms with Gasteiger partial charge < -0.3 is 14.5 Å². The van der Waals surface area contributed by atoms with Crippen molar-refractivity contribution in [2.45, 2.75) is 25.6 Å². The van der Waals surface area contributed by atoms with Crippen molar-refractivity contribution in [3.05, 3.63) is 69.8 Å². The van der Waals surface area contributed by atoms with Gasteiger partial charge in [0.2, 0.25) is 0 Å². The summed E-state index contributed by atoms with van der Waals surface area (Å²) in [5.41, 5.74) is 2.22. The number of para-hydroxylation sites is 1. The van der Waals surface area contributed by atoms with Gasteiger partial charge in [0.05, 0.1) is 0 Å². The van der Waals surface area contributed by atoms with Crippen LogP contribution in [0.5, 0.6) is 0 Å². The second kappa shape index (κ2) is 6.83. The fraction of sp³-hybridized carbons (Fsp3) is 0.238. The largest absolute Gasteiger partial charge is 0.422 e. The third-order valence-electron chi connectivity index (χ3n) is 4.79. The van der Waals surface area contributed by atoms with Gasteiger partial charge in [0, 0.05) is 46.9 Å². The summed E-state index contributed by atoms with van der Waals surface area (Å²) in [5.74, 6) is -4.49. The number of rotatable bonds is 3. The SMILES string of the molecule is CC1(C)OC(=O)C([C@H](c2ccc(Cl)cc2Cl)c2c[nH]c3ccccc23)C(=O)O1. The Bertz CT molecular complexity index is 1070. The van der Waals surface area contributed by atoms with Crippen LogP contribution in [0.1, 0.15) is 30.9 Å². The zero-order valence-corrected chi connectivity index (χ0v) is 16.7. The lowest BCUT2D eigenvalue weighted by atomic mass is 9.80. The van der Waals surface area contributed by atoms with E-state index < -0.39 is 29.6 Å². The van der Waals surface area contributed by atoms with E-state index in [0.29, 0.717) is 15.6 Å². The molecule has 144 valence electrons. The van der Waals surface area contributed by atoms with Crippen molar-refractivity contribution in [2.24, 2.45) is 5.92 Å². The zero-order valence-electron chi connectivity index (χ0n) is 15.2. The molecule has 4 rings (SSSR count). The quantitative estimate of drug-likeness (QED) is 0.477. The third kappa shape index (κ3) is 3.25. The summed E-state index contributed by atoms with van der Waals surface area (Å²) in [6, 6.07) is 12.6. The lowest BCUT2D eigenvalue weighted by Crippen LogP contribution is -2.48. The first-order chi connectivity index (χ1) is 13.3. The first-order valence-corrected chi connectivity index (χ1v) is 9.49. The number of aromatic nitrogens is 1. The molecule has 1 fully saturated rings. The normalized spacial score (nSPS) is 18.0. The Morgan fingerprint density at radius 1 is 1.00 bits per heavy atom. The average Bonchev–Trinajstić information content (AvgIpc) is 3.02. The number of hydrogen-bond acceptors (Lipinski definition) is 4. The number of cyclic esters (lactones) is 2. The highest BCUT2D eigenvalue weighted by molar-refractivity contribution is 6.35. The summed E-state index contributed by atoms with van der Waals surface area (Å²) in [4.78, 5) is 28.9. The molecule has 1 N–H and O–H groups in total. The molecule has 0 bridgehead atoms. The number of aromatic amines is 1. The average molecular weight is 418 g/mol. The standard InChI is InChI=1S/C21H17Cl2NO4/c1-21(2)27-19(25)18(20(26)28-21)17(13-8-7-11(22)9-15(13)23)14-10-24-16-6-4-3-5-12(14)16/h3-10,17-18,24H,1-2H3/t17-/m1/s1. The zero-order chi connectivity index (χ0) is 20.1. The van der Waals surface area contributed by atoms with Crippen LogP contribution in [0.2, 0.25) is 10.0 Å². The molecule has 7 heteroatoms. The molecule has 0 radical (unpaired) electrons. The predicted octanol–water partition coefficient (Wildman–Crippen LogP) is 5.06. The second-order valence-electron chi connectivity index (χ2n) is 7.15. The van der Waals surface area contributed by atoms with Gasteiger partial charge in [0.25, 0.3) is 5.79 Å². The summed E-state index contributed by atoms with van der Waals surface area (Å²) in [7, 11) is 0. The number of fused-ring (bicyclic) bond motifs is 1. The Labute approximate surface area is 171 Å². The van der Waals surface area contributed by atoms with Gasteiger partial charge in [0.15, 0.2) is 5.92 Å². The van der Waals surface area contributed by atoms with Gasteiger partial charge in [-0.05, 0) is 29.3 Å². The molecule has 0 amide bonds. The number of nitrogens with one attached hydrogen (secondary N) is 1. The molecule has 2 aromatic carbocycles. The third-order valence-corrected chi connectivity index (χ3v) is 5.35. The van der Waals surface area contributed by atoms with E-state index in [1.54, 1.807) is 24.4 Å². The Hall–Kier alpha value is -2.50. The maximum atomic E-state index is 12.8. The molecule has 0 spiro atoms. The Morgan fingerprint density at radius 2 is 1.68 bits per heavy atom. The van der Waals surface area contributed by atoms with Crippen LogP contribution in [0.25, 0.3) is 10.9 Å². The maximum absolute atomic E-state index is 12.8. The van der Waals surface area contributed by atoms with Gasteiger partial charge in [-0.1, -0.05) is 47.5 Å². The fourth-order valence-corrected chi connectivity index (χ4v) is 4.16. The first-order valence-electron chi connectivity index (χ1n) is 8.73. The summed E-state index contributed by atoms with van der Waals surface area (Å²) >= 11 is 12.5. The van der Waals surface area contributed by atoms with E-state index in [0.717, 1.165) is 16.5 Å². The van der Waals surface area contributed by atoms with E-state index in [4.69, 9.17) is 32.7 Å². The Kier molecular flexibility index (Phi) is 4.60. The van der Waals surface area contributed by atoms with E-state index in [-0.39, 0.29) is 0 Å². The van der Waals surface area contributed by atoms with Gasteiger partial charge >= 0.3 is 11.9 Å². The number of ether oxygens (including phenoxy) is 2. The minimum absolute atomic E-state index is 0.355. The molecule has 0 saturated carbocycles.